The van der Waals surface area contributed by atoms with E-state index >= 15 is 0 Å². The zero-order valence-electron chi connectivity index (χ0n) is 31.1. The molecular weight excluding hydrogens is 607 g/mol. The third-order valence-corrected chi connectivity index (χ3v) is 9.19. The van der Waals surface area contributed by atoms with E-state index in [0.29, 0.717) is 16.9 Å². The van der Waals surface area contributed by atoms with Crippen LogP contribution in [0.2, 0.25) is 0 Å². The zero-order valence-corrected chi connectivity index (χ0v) is 27.1. The molecule has 0 amide bonds. The van der Waals surface area contributed by atoms with E-state index in [2.05, 4.69) is 36.4 Å². The van der Waals surface area contributed by atoms with Gasteiger partial charge in [-0.25, -0.2) is 0 Å². The highest BCUT2D eigenvalue weighted by Crippen LogP contribution is 2.39. The van der Waals surface area contributed by atoms with Gasteiger partial charge >= 0.3 is 0 Å². The number of hydrogen-bond acceptors (Lipinski definition) is 2. The Hall–Kier alpha value is -6.64. The maximum atomic E-state index is 9.36. The van der Waals surface area contributed by atoms with Crippen LogP contribution in [0.5, 0.6) is 0 Å². The molecule has 2 nitrogen and oxygen atoms in total. The molecule has 9 rings (SSSR count). The molecule has 0 radical (unpaired) electrons. The van der Waals surface area contributed by atoms with E-state index in [1.165, 1.54) is 0 Å². The van der Waals surface area contributed by atoms with Crippen LogP contribution < -0.4 is 4.90 Å². The minimum Gasteiger partial charge on any atom is -0.456 e. The van der Waals surface area contributed by atoms with E-state index in [1.807, 2.05) is 144 Å². The van der Waals surface area contributed by atoms with Gasteiger partial charge in [0.25, 0.3) is 0 Å². The van der Waals surface area contributed by atoms with Gasteiger partial charge in [-0.1, -0.05) is 146 Å². The fourth-order valence-corrected chi connectivity index (χ4v) is 6.57. The van der Waals surface area contributed by atoms with E-state index in [1.54, 1.807) is 0 Å². The Labute approximate surface area is 297 Å². The van der Waals surface area contributed by atoms with Crippen LogP contribution in [0.3, 0.4) is 0 Å². The van der Waals surface area contributed by atoms with Crippen LogP contribution in [0.15, 0.2) is 205 Å². The van der Waals surface area contributed by atoms with Crippen LogP contribution in [0.1, 0.15) is 5.48 Å². The summed E-state index contributed by atoms with van der Waals surface area (Å²) in [5, 5.41) is 2.15. The maximum Gasteiger partial charge on any atom is 0.136 e. The largest absolute Gasteiger partial charge is 0.456 e. The number of nitrogens with zero attached hydrogens (tertiary/aromatic N) is 1. The Morgan fingerprint density at radius 2 is 0.740 bits per heavy atom. The summed E-state index contributed by atoms with van der Waals surface area (Å²) in [6, 6.07) is 57.5. The number of para-hydroxylation sites is 1. The molecule has 0 atom stereocenters. The highest BCUT2D eigenvalue weighted by atomic mass is 16.3. The fourth-order valence-electron chi connectivity index (χ4n) is 6.57. The minimum atomic E-state index is -0.121. The summed E-state index contributed by atoms with van der Waals surface area (Å²) in [6.45, 7) is 0. The Morgan fingerprint density at radius 3 is 1.32 bits per heavy atom. The second-order valence-electron chi connectivity index (χ2n) is 12.3. The van der Waals surface area contributed by atoms with Crippen molar-refractivity contribution in [2.24, 2.45) is 0 Å². The maximum absolute atomic E-state index is 9.36. The number of anilines is 3. The first kappa shape index (κ1) is 25.4. The van der Waals surface area contributed by atoms with Gasteiger partial charge in [-0.2, -0.15) is 0 Å². The van der Waals surface area contributed by atoms with Gasteiger partial charge < -0.3 is 9.32 Å². The molecule has 50 heavy (non-hydrogen) atoms. The summed E-state index contributed by atoms with van der Waals surface area (Å²) < 4.78 is 43.3. The van der Waals surface area contributed by atoms with Crippen LogP contribution in [-0.4, -0.2) is 0 Å². The van der Waals surface area contributed by atoms with Crippen molar-refractivity contribution in [2.75, 3.05) is 4.90 Å². The van der Waals surface area contributed by atoms with Gasteiger partial charge in [0.2, 0.25) is 0 Å². The van der Waals surface area contributed by atoms with E-state index < -0.39 is 0 Å². The summed E-state index contributed by atoms with van der Waals surface area (Å²) in [6.07, 6.45) is 0. The molecule has 0 saturated carbocycles. The summed E-state index contributed by atoms with van der Waals surface area (Å²) in [5.41, 5.74) is 10.3. The van der Waals surface area contributed by atoms with Crippen molar-refractivity contribution in [1.82, 2.24) is 0 Å². The summed E-state index contributed by atoms with van der Waals surface area (Å²) in [7, 11) is 0. The predicted octanol–water partition coefficient (Wildman–Crippen LogP) is 13.7. The Kier molecular flexibility index (Phi) is 6.48. The highest BCUT2D eigenvalue weighted by Gasteiger charge is 2.15. The third kappa shape index (κ3) is 5.63. The smallest absolute Gasteiger partial charge is 0.136 e. The van der Waals surface area contributed by atoms with Crippen molar-refractivity contribution in [1.29, 1.82) is 0 Å². The van der Waals surface area contributed by atoms with Crippen LogP contribution in [0.4, 0.5) is 17.1 Å². The van der Waals surface area contributed by atoms with Gasteiger partial charge in [-0.05, 0) is 99.1 Å². The first-order chi connectivity index (χ1) is 26.4. The van der Waals surface area contributed by atoms with Gasteiger partial charge in [-0.3, -0.25) is 0 Å². The normalized spacial score (nSPS) is 12.3. The zero-order chi connectivity index (χ0) is 36.8. The molecule has 0 spiro atoms. The third-order valence-electron chi connectivity index (χ3n) is 9.19. The second-order valence-corrected chi connectivity index (χ2v) is 12.3. The van der Waals surface area contributed by atoms with Crippen molar-refractivity contribution >= 4 is 39.0 Å². The minimum absolute atomic E-state index is 0.0971. The Morgan fingerprint density at radius 1 is 0.320 bits per heavy atom. The molecule has 0 aliphatic carbocycles. The molecule has 0 aliphatic heterocycles. The number of fused-ring (bicyclic) bond motifs is 3. The average molecular weight is 644 g/mol. The topological polar surface area (TPSA) is 16.4 Å². The van der Waals surface area contributed by atoms with Gasteiger partial charge in [0.1, 0.15) is 11.2 Å². The van der Waals surface area contributed by atoms with E-state index in [4.69, 9.17) is 4.42 Å². The summed E-state index contributed by atoms with van der Waals surface area (Å²) in [4.78, 5) is 1.82. The summed E-state index contributed by atoms with van der Waals surface area (Å²) >= 11 is 0. The van der Waals surface area contributed by atoms with Crippen molar-refractivity contribution in [3.63, 3.8) is 0 Å². The van der Waals surface area contributed by atoms with Crippen LogP contribution in [-0.2, 0) is 0 Å². The number of rotatable bonds is 7. The molecule has 0 bridgehead atoms. The van der Waals surface area contributed by atoms with Crippen LogP contribution in [0.25, 0.3) is 66.4 Å². The highest BCUT2D eigenvalue weighted by molar-refractivity contribution is 6.05. The van der Waals surface area contributed by atoms with Crippen molar-refractivity contribution in [2.45, 2.75) is 0 Å². The molecule has 9 aromatic rings. The quantitative estimate of drug-likeness (QED) is 0.172. The Bertz CT molecular complexity index is 2750. The van der Waals surface area contributed by atoms with Crippen molar-refractivity contribution in [3.8, 4) is 44.5 Å². The molecule has 8 aromatic carbocycles. The van der Waals surface area contributed by atoms with E-state index in [0.717, 1.165) is 55.3 Å². The SMILES string of the molecule is [2H]c1c([2H])c(N(c2ccc(-c3ccccc3)cc2)c2ccc(-c3ccc4c(c3)oc3ccccc34)cc2)c([2H])c([2H])c1-c1ccc(-c2ccccc2)cc1. The molecule has 0 saturated heterocycles. The molecule has 0 aliphatic rings. The van der Waals surface area contributed by atoms with Crippen LogP contribution in [0, 0.1) is 0 Å². The lowest BCUT2D eigenvalue weighted by Gasteiger charge is -2.26. The van der Waals surface area contributed by atoms with Gasteiger partial charge in [0.15, 0.2) is 0 Å². The van der Waals surface area contributed by atoms with Crippen molar-refractivity contribution < 1.29 is 9.90 Å². The number of benzene rings is 8. The molecular formula is C48H33NO. The molecule has 2 heteroatoms. The van der Waals surface area contributed by atoms with Gasteiger partial charge in [0.05, 0.1) is 5.48 Å². The molecule has 236 valence electrons. The molecule has 0 unspecified atom stereocenters. The van der Waals surface area contributed by atoms with Crippen LogP contribution >= 0.6 is 0 Å². The summed E-state index contributed by atoms with van der Waals surface area (Å²) in [5.74, 6) is 0. The first-order valence-electron chi connectivity index (χ1n) is 18.7. The standard InChI is InChI=1S/C48H33NO/c1-3-9-34(10-4-1)36-15-17-37(18-16-36)39-21-28-43(29-22-39)49(42-26-19-38(20-27-42)35-11-5-2-6-12-35)44-30-23-40(24-31-44)41-25-32-46-45-13-7-8-14-47(45)50-48(46)33-41/h1-33H/i21D,22D,28D,29D. The van der Waals surface area contributed by atoms with Gasteiger partial charge in [0, 0.05) is 27.8 Å². The van der Waals surface area contributed by atoms with E-state index in [-0.39, 0.29) is 35.4 Å². The van der Waals surface area contributed by atoms with Crippen molar-refractivity contribution in [3.05, 3.63) is 200 Å². The number of furan rings is 1. The predicted molar refractivity (Wildman–Crippen MR) is 210 cm³/mol. The molecule has 0 N–H and O–H groups in total. The fraction of sp³-hybridized carbons (Fsp3) is 0. The molecule has 0 fully saturated rings. The molecule has 1 heterocycles. The van der Waals surface area contributed by atoms with E-state index in [9.17, 15) is 5.48 Å². The Balaban J connectivity index is 1.14. The monoisotopic (exact) mass is 643 g/mol. The number of hydrogen-bond donors (Lipinski definition) is 0. The first-order valence-corrected chi connectivity index (χ1v) is 16.7. The second kappa shape index (κ2) is 12.8. The lowest BCUT2D eigenvalue weighted by Crippen LogP contribution is -2.09. The lowest BCUT2D eigenvalue weighted by molar-refractivity contribution is 0.669. The average Bonchev–Trinajstić information content (AvgIpc) is 3.61. The van der Waals surface area contributed by atoms with Gasteiger partial charge in [-0.15, -0.1) is 0 Å². The lowest BCUT2D eigenvalue weighted by atomic mass is 10.00. The molecule has 1 aromatic heterocycles.